The van der Waals surface area contributed by atoms with Gasteiger partial charge in [0, 0.05) is 12.3 Å². The van der Waals surface area contributed by atoms with Gasteiger partial charge in [-0.1, -0.05) is 37.0 Å². The molecule has 4 nitrogen and oxygen atoms in total. The van der Waals surface area contributed by atoms with Gasteiger partial charge in [0.25, 0.3) is 0 Å². The molecule has 0 aliphatic rings. The molecule has 1 aromatic rings. The number of nitrogens with one attached hydrogen (secondary N) is 1. The molecule has 1 heterocycles. The largest absolute Gasteiger partial charge is 0.395 e. The van der Waals surface area contributed by atoms with Gasteiger partial charge in [-0.15, -0.1) is 0 Å². The van der Waals surface area contributed by atoms with Crippen molar-refractivity contribution in [3.05, 3.63) is 11.1 Å². The number of anilines is 1. The minimum atomic E-state index is -0.0169. The number of hydrogen-bond donors (Lipinski definition) is 2. The van der Waals surface area contributed by atoms with Crippen LogP contribution in [0, 0.1) is 17.8 Å². The predicted molar refractivity (Wildman–Crippen MR) is 68.8 cm³/mol. The molecule has 2 N–H and O–H groups in total. The fraction of sp³-hybridized carbons (Fsp3) is 0.500. The number of aliphatic hydroxyl groups is 1. The fourth-order valence-electron chi connectivity index (χ4n) is 1.01. The summed E-state index contributed by atoms with van der Waals surface area (Å²) in [6.07, 6.45) is 2.88. The van der Waals surface area contributed by atoms with Crippen LogP contribution in [0.5, 0.6) is 0 Å². The van der Waals surface area contributed by atoms with Crippen LogP contribution in [0.2, 0.25) is 0 Å². The van der Waals surface area contributed by atoms with Crippen LogP contribution in [0.25, 0.3) is 0 Å². The minimum Gasteiger partial charge on any atom is -0.395 e. The summed E-state index contributed by atoms with van der Waals surface area (Å²) in [5.41, 5.74) is 0. The third-order valence-electron chi connectivity index (χ3n) is 2.24. The third-order valence-corrected chi connectivity index (χ3v) is 3.07. The number of nitrogens with zero attached hydrogens (tertiary/aromatic N) is 1. The molecule has 1 amide bonds. The van der Waals surface area contributed by atoms with E-state index in [0.29, 0.717) is 11.6 Å². The first-order valence-electron chi connectivity index (χ1n) is 5.53. The zero-order valence-corrected chi connectivity index (χ0v) is 10.8. The van der Waals surface area contributed by atoms with Crippen LogP contribution >= 0.6 is 11.3 Å². The van der Waals surface area contributed by atoms with Gasteiger partial charge < -0.3 is 10.4 Å². The molecule has 0 saturated carbocycles. The van der Waals surface area contributed by atoms with E-state index in [1.807, 2.05) is 13.8 Å². The number of thiazole rings is 1. The summed E-state index contributed by atoms with van der Waals surface area (Å²) < 4.78 is 0. The Labute approximate surface area is 105 Å². The Kier molecular flexibility index (Phi) is 5.67. The van der Waals surface area contributed by atoms with E-state index in [-0.39, 0.29) is 18.4 Å². The summed E-state index contributed by atoms with van der Waals surface area (Å²) in [6.45, 7) is 3.91. The molecule has 0 bridgehead atoms. The highest BCUT2D eigenvalue weighted by Gasteiger charge is 2.12. The topological polar surface area (TPSA) is 62.2 Å². The molecule has 0 saturated heterocycles. The van der Waals surface area contributed by atoms with E-state index >= 15 is 0 Å². The van der Waals surface area contributed by atoms with Gasteiger partial charge in [0.2, 0.25) is 5.91 Å². The molecule has 1 rings (SSSR count). The van der Waals surface area contributed by atoms with Gasteiger partial charge in [-0.05, 0) is 6.42 Å². The van der Waals surface area contributed by atoms with Crippen molar-refractivity contribution < 1.29 is 9.90 Å². The van der Waals surface area contributed by atoms with Crippen molar-refractivity contribution in [1.29, 1.82) is 0 Å². The molecule has 0 spiro atoms. The molecule has 0 aliphatic carbocycles. The zero-order valence-electron chi connectivity index (χ0n) is 9.99. The standard InChI is InChI=1S/C12H16N2O2S/c1-3-9(2)11(16)14-12-13-8-10(17-12)6-4-5-7-15/h8-9,15H,3,5,7H2,1-2H3,(H,13,14,16). The Bertz CT molecular complexity index is 431. The number of amides is 1. The lowest BCUT2D eigenvalue weighted by molar-refractivity contribution is -0.119. The maximum absolute atomic E-state index is 11.6. The Morgan fingerprint density at radius 1 is 1.71 bits per heavy atom. The maximum atomic E-state index is 11.6. The number of hydrogen-bond acceptors (Lipinski definition) is 4. The summed E-state index contributed by atoms with van der Waals surface area (Å²) >= 11 is 1.34. The Morgan fingerprint density at radius 2 is 2.47 bits per heavy atom. The molecule has 1 aromatic heterocycles. The molecule has 1 unspecified atom stereocenters. The molecule has 17 heavy (non-hydrogen) atoms. The van der Waals surface area contributed by atoms with Gasteiger partial charge in [0.1, 0.15) is 0 Å². The molecule has 0 radical (unpaired) electrons. The van der Waals surface area contributed by atoms with Crippen molar-refractivity contribution in [3.63, 3.8) is 0 Å². The average molecular weight is 252 g/mol. The second-order valence-electron chi connectivity index (χ2n) is 3.60. The summed E-state index contributed by atoms with van der Waals surface area (Å²) in [6, 6.07) is 0. The molecule has 92 valence electrons. The van der Waals surface area contributed by atoms with Gasteiger partial charge >= 0.3 is 0 Å². The van der Waals surface area contributed by atoms with Crippen LogP contribution in [0.15, 0.2) is 6.20 Å². The van der Waals surface area contributed by atoms with Crippen molar-refractivity contribution in [1.82, 2.24) is 4.98 Å². The second kappa shape index (κ2) is 7.05. The first-order chi connectivity index (χ1) is 8.17. The molecular weight excluding hydrogens is 236 g/mol. The van der Waals surface area contributed by atoms with Crippen molar-refractivity contribution >= 4 is 22.4 Å². The van der Waals surface area contributed by atoms with E-state index in [4.69, 9.17) is 5.11 Å². The summed E-state index contributed by atoms with van der Waals surface area (Å²) in [4.78, 5) is 16.5. The highest BCUT2D eigenvalue weighted by atomic mass is 32.1. The first kappa shape index (κ1) is 13.7. The molecule has 1 atom stereocenters. The lowest BCUT2D eigenvalue weighted by Gasteiger charge is -2.06. The SMILES string of the molecule is CCC(C)C(=O)Nc1ncc(C#CCCO)s1. The molecular formula is C12H16N2O2S. The summed E-state index contributed by atoms with van der Waals surface area (Å²) in [5, 5.41) is 11.9. The smallest absolute Gasteiger partial charge is 0.228 e. The average Bonchev–Trinajstić information content (AvgIpc) is 2.76. The lowest BCUT2D eigenvalue weighted by Crippen LogP contribution is -2.19. The Hall–Kier alpha value is -1.38. The van der Waals surface area contributed by atoms with E-state index in [1.54, 1.807) is 6.20 Å². The minimum absolute atomic E-state index is 0.0113. The van der Waals surface area contributed by atoms with Gasteiger partial charge in [0.05, 0.1) is 17.7 Å². The predicted octanol–water partition coefficient (Wildman–Crippen LogP) is 1.86. The first-order valence-corrected chi connectivity index (χ1v) is 6.35. The molecule has 5 heteroatoms. The van der Waals surface area contributed by atoms with Crippen LogP contribution in [-0.4, -0.2) is 22.6 Å². The van der Waals surface area contributed by atoms with Crippen LogP contribution in [0.1, 0.15) is 31.6 Å². The highest BCUT2D eigenvalue weighted by Crippen LogP contribution is 2.18. The number of aromatic nitrogens is 1. The van der Waals surface area contributed by atoms with Gasteiger partial charge in [-0.2, -0.15) is 0 Å². The number of carbonyl (C=O) groups is 1. The molecule has 0 fully saturated rings. The quantitative estimate of drug-likeness (QED) is 0.804. The van der Waals surface area contributed by atoms with E-state index in [2.05, 4.69) is 22.1 Å². The molecule has 0 aliphatic heterocycles. The summed E-state index contributed by atoms with van der Waals surface area (Å²) in [5.74, 6) is 5.66. The number of aliphatic hydroxyl groups excluding tert-OH is 1. The van der Waals surface area contributed by atoms with E-state index in [9.17, 15) is 4.79 Å². The van der Waals surface area contributed by atoms with Crippen LogP contribution in [0.4, 0.5) is 5.13 Å². The van der Waals surface area contributed by atoms with E-state index in [0.717, 1.165) is 11.3 Å². The van der Waals surface area contributed by atoms with E-state index in [1.165, 1.54) is 11.3 Å². The lowest BCUT2D eigenvalue weighted by atomic mass is 10.1. The second-order valence-corrected chi connectivity index (χ2v) is 4.63. The van der Waals surface area contributed by atoms with Crippen LogP contribution in [-0.2, 0) is 4.79 Å². The van der Waals surface area contributed by atoms with Crippen molar-refractivity contribution in [3.8, 4) is 11.8 Å². The summed E-state index contributed by atoms with van der Waals surface area (Å²) in [7, 11) is 0. The molecule has 0 aromatic carbocycles. The van der Waals surface area contributed by atoms with Crippen molar-refractivity contribution in [2.45, 2.75) is 26.7 Å². The van der Waals surface area contributed by atoms with Gasteiger partial charge in [-0.3, -0.25) is 4.79 Å². The monoisotopic (exact) mass is 252 g/mol. The van der Waals surface area contributed by atoms with E-state index < -0.39 is 0 Å². The number of carbonyl (C=O) groups excluding carboxylic acids is 1. The van der Waals surface area contributed by atoms with Crippen LogP contribution < -0.4 is 5.32 Å². The highest BCUT2D eigenvalue weighted by molar-refractivity contribution is 7.16. The Balaban J connectivity index is 2.57. The van der Waals surface area contributed by atoms with Gasteiger partial charge in [-0.25, -0.2) is 4.98 Å². The Morgan fingerprint density at radius 3 is 3.12 bits per heavy atom. The van der Waals surface area contributed by atoms with Crippen molar-refractivity contribution in [2.75, 3.05) is 11.9 Å². The van der Waals surface area contributed by atoms with Gasteiger partial charge in [0.15, 0.2) is 5.13 Å². The zero-order chi connectivity index (χ0) is 12.7. The normalized spacial score (nSPS) is 11.5. The van der Waals surface area contributed by atoms with Crippen LogP contribution in [0.3, 0.4) is 0 Å². The fourth-order valence-corrected chi connectivity index (χ4v) is 1.70. The van der Waals surface area contributed by atoms with Crippen molar-refractivity contribution in [2.24, 2.45) is 5.92 Å². The third kappa shape index (κ3) is 4.55. The number of rotatable bonds is 4. The maximum Gasteiger partial charge on any atom is 0.228 e.